The van der Waals surface area contributed by atoms with Crippen LogP contribution in [0.4, 0.5) is 0 Å². The van der Waals surface area contributed by atoms with Crippen molar-refractivity contribution in [1.82, 2.24) is 4.90 Å². The second-order valence-corrected chi connectivity index (χ2v) is 9.26. The molecular formula is C18H32BNO. The second-order valence-electron chi connectivity index (χ2n) is 9.26. The van der Waals surface area contributed by atoms with Crippen LogP contribution in [0.2, 0.25) is 5.31 Å². The van der Waals surface area contributed by atoms with Gasteiger partial charge in [0.1, 0.15) is 0 Å². The highest BCUT2D eigenvalue weighted by Crippen LogP contribution is 2.53. The van der Waals surface area contributed by atoms with Gasteiger partial charge in [0.05, 0.1) is 26.6 Å². The molecule has 3 aliphatic rings. The average Bonchev–Trinajstić information content (AvgIpc) is 2.32. The van der Waals surface area contributed by atoms with Crippen LogP contribution in [0.25, 0.3) is 0 Å². The molecule has 2 radical (unpaired) electrons. The van der Waals surface area contributed by atoms with Gasteiger partial charge in [-0.05, 0) is 50.1 Å². The first-order valence-corrected chi connectivity index (χ1v) is 8.82. The maximum atomic E-state index is 6.59. The zero-order valence-corrected chi connectivity index (χ0v) is 14.5. The van der Waals surface area contributed by atoms with Gasteiger partial charge in [0.25, 0.3) is 0 Å². The average molecular weight is 289 g/mol. The fourth-order valence-corrected chi connectivity index (χ4v) is 5.69. The Labute approximate surface area is 132 Å². The smallest absolute Gasteiger partial charge is 0.0742 e. The molecule has 21 heavy (non-hydrogen) atoms. The number of ether oxygens (including phenoxy) is 1. The van der Waals surface area contributed by atoms with Gasteiger partial charge < -0.3 is 4.74 Å². The van der Waals surface area contributed by atoms with Crippen LogP contribution in [-0.2, 0) is 4.74 Å². The lowest BCUT2D eigenvalue weighted by Crippen LogP contribution is -2.69. The van der Waals surface area contributed by atoms with Crippen molar-refractivity contribution in [2.45, 2.75) is 70.1 Å². The van der Waals surface area contributed by atoms with E-state index in [9.17, 15) is 0 Å². The highest BCUT2D eigenvalue weighted by Gasteiger charge is 2.54. The van der Waals surface area contributed by atoms with Crippen molar-refractivity contribution in [2.75, 3.05) is 26.8 Å². The van der Waals surface area contributed by atoms with Crippen LogP contribution < -0.4 is 0 Å². The van der Waals surface area contributed by atoms with E-state index in [0.717, 1.165) is 31.5 Å². The van der Waals surface area contributed by atoms with Gasteiger partial charge >= 0.3 is 0 Å². The molecule has 3 rings (SSSR count). The highest BCUT2D eigenvalue weighted by molar-refractivity contribution is 6.14. The van der Waals surface area contributed by atoms with E-state index in [1.807, 2.05) is 0 Å². The van der Waals surface area contributed by atoms with E-state index in [4.69, 9.17) is 12.6 Å². The molecule has 0 aromatic rings. The number of hydrogen-bond acceptors (Lipinski definition) is 2. The Hall–Kier alpha value is -0.0151. The van der Waals surface area contributed by atoms with Crippen LogP contribution in [-0.4, -0.2) is 45.1 Å². The van der Waals surface area contributed by atoms with Crippen LogP contribution in [0.5, 0.6) is 0 Å². The van der Waals surface area contributed by atoms with Gasteiger partial charge in [-0.25, -0.2) is 0 Å². The number of likely N-dealkylation sites (tertiary alicyclic amines) is 1. The van der Waals surface area contributed by atoms with Gasteiger partial charge in [-0.2, -0.15) is 0 Å². The van der Waals surface area contributed by atoms with Crippen molar-refractivity contribution < 1.29 is 4.74 Å². The molecule has 118 valence electrons. The van der Waals surface area contributed by atoms with Gasteiger partial charge in [-0.3, -0.25) is 4.90 Å². The van der Waals surface area contributed by atoms with Gasteiger partial charge in [0.15, 0.2) is 0 Å². The van der Waals surface area contributed by atoms with Crippen molar-refractivity contribution in [1.29, 1.82) is 0 Å². The molecule has 2 aliphatic heterocycles. The molecule has 3 heteroatoms. The number of fused-ring (bicyclic) bond motifs is 2. The Morgan fingerprint density at radius 2 is 1.86 bits per heavy atom. The minimum Gasteiger partial charge on any atom is -0.377 e. The summed E-state index contributed by atoms with van der Waals surface area (Å²) in [5.41, 5.74) is 0.701. The maximum Gasteiger partial charge on any atom is 0.0742 e. The normalized spacial score (nSPS) is 43.2. The van der Waals surface area contributed by atoms with E-state index in [0.29, 0.717) is 11.0 Å². The van der Waals surface area contributed by atoms with E-state index < -0.39 is 0 Å². The third-order valence-electron chi connectivity index (χ3n) is 6.52. The van der Waals surface area contributed by atoms with Crippen LogP contribution >= 0.6 is 0 Å². The molecule has 2 nitrogen and oxygen atoms in total. The minimum atomic E-state index is 0.00612. The van der Waals surface area contributed by atoms with Gasteiger partial charge in [0, 0.05) is 0 Å². The fourth-order valence-electron chi connectivity index (χ4n) is 5.69. The molecule has 0 aromatic carbocycles. The van der Waals surface area contributed by atoms with Gasteiger partial charge in [0.2, 0.25) is 0 Å². The Morgan fingerprint density at radius 1 is 1.14 bits per heavy atom. The molecule has 0 bridgehead atoms. The number of likely N-dealkylation sites (N-methyl/N-ethyl adjacent to an activating group) is 1. The summed E-state index contributed by atoms with van der Waals surface area (Å²) in [6.07, 6.45) is 7.62. The molecule has 3 atom stereocenters. The number of hydrogen-bond donors (Lipinski definition) is 0. The zero-order chi connectivity index (χ0) is 15.3. The molecule has 1 spiro atoms. The van der Waals surface area contributed by atoms with Crippen LogP contribution in [0.1, 0.15) is 59.3 Å². The lowest BCUT2D eigenvalue weighted by Gasteiger charge is -2.59. The molecule has 1 aliphatic carbocycles. The van der Waals surface area contributed by atoms with Crippen LogP contribution in [0, 0.1) is 17.3 Å². The SMILES string of the molecule is [B]C1(C)CCCC2C(CCN(C)C23COC3)CC(C)(C)C1. The zero-order valence-electron chi connectivity index (χ0n) is 14.5. The molecule has 1 saturated carbocycles. The molecule has 0 aromatic heterocycles. The standard InChI is InChI=1S/C18H32BNO/c1-16(2)10-14-7-9-20(4)18(12-21-13-18)15(14)6-5-8-17(3,19)11-16/h14-15H,5-13H2,1-4H3. The minimum absolute atomic E-state index is 0.00612. The summed E-state index contributed by atoms with van der Waals surface area (Å²) in [7, 11) is 8.90. The predicted molar refractivity (Wildman–Crippen MR) is 88.8 cm³/mol. The highest BCUT2D eigenvalue weighted by atomic mass is 16.5. The molecule has 2 saturated heterocycles. The first kappa shape index (κ1) is 15.9. The molecule has 3 fully saturated rings. The molecule has 0 N–H and O–H groups in total. The topological polar surface area (TPSA) is 12.5 Å². The van der Waals surface area contributed by atoms with Crippen molar-refractivity contribution in [2.24, 2.45) is 17.3 Å². The summed E-state index contributed by atoms with van der Waals surface area (Å²) < 4.78 is 5.66. The summed E-state index contributed by atoms with van der Waals surface area (Å²) in [5, 5.41) is 0.00612. The molecule has 2 heterocycles. The third kappa shape index (κ3) is 2.93. The van der Waals surface area contributed by atoms with Gasteiger partial charge in [-0.15, -0.1) is 0 Å². The monoisotopic (exact) mass is 289 g/mol. The summed E-state index contributed by atoms with van der Waals surface area (Å²) >= 11 is 0. The predicted octanol–water partition coefficient (Wildman–Crippen LogP) is 3.66. The Morgan fingerprint density at radius 3 is 2.48 bits per heavy atom. The Kier molecular flexibility index (Phi) is 3.98. The number of nitrogens with zero attached hydrogens (tertiary/aromatic N) is 1. The van der Waals surface area contributed by atoms with Gasteiger partial charge in [-0.1, -0.05) is 45.3 Å². The first-order valence-electron chi connectivity index (χ1n) is 8.82. The summed E-state index contributed by atoms with van der Waals surface area (Å²) in [4.78, 5) is 2.60. The molecule has 3 unspecified atom stereocenters. The van der Waals surface area contributed by atoms with Crippen molar-refractivity contribution in [3.05, 3.63) is 0 Å². The van der Waals surface area contributed by atoms with Crippen LogP contribution in [0.15, 0.2) is 0 Å². The summed E-state index contributed by atoms with van der Waals surface area (Å²) in [6.45, 7) is 10.3. The second kappa shape index (κ2) is 5.27. The maximum absolute atomic E-state index is 6.59. The molecule has 0 amide bonds. The van der Waals surface area contributed by atoms with E-state index in [1.165, 1.54) is 38.6 Å². The van der Waals surface area contributed by atoms with E-state index in [-0.39, 0.29) is 5.31 Å². The largest absolute Gasteiger partial charge is 0.377 e. The van der Waals surface area contributed by atoms with E-state index in [1.54, 1.807) is 0 Å². The summed E-state index contributed by atoms with van der Waals surface area (Å²) in [6, 6.07) is 0. The van der Waals surface area contributed by atoms with Crippen LogP contribution in [0.3, 0.4) is 0 Å². The fraction of sp³-hybridized carbons (Fsp3) is 1.00. The van der Waals surface area contributed by atoms with E-state index >= 15 is 0 Å². The van der Waals surface area contributed by atoms with E-state index in [2.05, 4.69) is 32.7 Å². The third-order valence-corrected chi connectivity index (χ3v) is 6.52. The lowest BCUT2D eigenvalue weighted by molar-refractivity contribution is -0.194. The Balaban J connectivity index is 1.85. The first-order chi connectivity index (χ1) is 9.74. The Bertz CT molecular complexity index is 389. The number of piperidine rings is 1. The quantitative estimate of drug-likeness (QED) is 0.631. The lowest BCUT2D eigenvalue weighted by atomic mass is 9.58. The summed E-state index contributed by atoms with van der Waals surface area (Å²) in [5.74, 6) is 1.66. The van der Waals surface area contributed by atoms with Crippen molar-refractivity contribution in [3.63, 3.8) is 0 Å². The van der Waals surface area contributed by atoms with Crippen molar-refractivity contribution >= 4 is 7.85 Å². The molecular weight excluding hydrogens is 257 g/mol. The number of rotatable bonds is 0. The van der Waals surface area contributed by atoms with Crippen molar-refractivity contribution in [3.8, 4) is 0 Å².